The zero-order valence-corrected chi connectivity index (χ0v) is 9.88. The molecule has 0 saturated carbocycles. The van der Waals surface area contributed by atoms with Gasteiger partial charge in [0.2, 0.25) is 8.32 Å². The molecule has 0 fully saturated rings. The zero-order chi connectivity index (χ0) is 10.1. The van der Waals surface area contributed by atoms with E-state index in [2.05, 4.69) is 29.6 Å². The Labute approximate surface area is 80.3 Å². The van der Waals surface area contributed by atoms with Gasteiger partial charge in [0, 0.05) is 11.4 Å². The normalized spacial score (nSPS) is 11.5. The molecule has 72 valence electrons. The van der Waals surface area contributed by atoms with E-state index in [4.69, 9.17) is 4.43 Å². The lowest BCUT2D eigenvalue weighted by Gasteiger charge is -2.17. The first-order valence-corrected chi connectivity index (χ1v) is 7.79. The summed E-state index contributed by atoms with van der Waals surface area (Å²) in [5.41, 5.74) is 1.92. The van der Waals surface area contributed by atoms with E-state index in [1.165, 1.54) is 0 Å². The maximum Gasteiger partial charge on any atom is 0.302 e. The van der Waals surface area contributed by atoms with E-state index in [1.807, 2.05) is 19.9 Å². The van der Waals surface area contributed by atoms with Crippen molar-refractivity contribution in [3.8, 4) is 6.01 Å². The van der Waals surface area contributed by atoms with E-state index in [0.29, 0.717) is 6.01 Å². The molecular formula is C9H16N2OSi. The van der Waals surface area contributed by atoms with E-state index in [0.717, 1.165) is 11.4 Å². The van der Waals surface area contributed by atoms with Crippen LogP contribution in [0.15, 0.2) is 6.07 Å². The van der Waals surface area contributed by atoms with Crippen LogP contribution in [0.1, 0.15) is 11.4 Å². The molecule has 3 nitrogen and oxygen atoms in total. The molecule has 1 aromatic rings. The number of aromatic nitrogens is 2. The summed E-state index contributed by atoms with van der Waals surface area (Å²) in [6.07, 6.45) is 0. The van der Waals surface area contributed by atoms with Crippen molar-refractivity contribution in [2.24, 2.45) is 0 Å². The summed E-state index contributed by atoms with van der Waals surface area (Å²) in [7, 11) is -1.57. The van der Waals surface area contributed by atoms with Gasteiger partial charge in [-0.25, -0.2) is 9.97 Å². The lowest BCUT2D eigenvalue weighted by molar-refractivity contribution is 0.505. The molecule has 0 atom stereocenters. The van der Waals surface area contributed by atoms with Crippen LogP contribution in [0.2, 0.25) is 19.6 Å². The smallest absolute Gasteiger partial charge is 0.302 e. The fourth-order valence-electron chi connectivity index (χ4n) is 1.01. The molecule has 13 heavy (non-hydrogen) atoms. The highest BCUT2D eigenvalue weighted by Gasteiger charge is 2.17. The van der Waals surface area contributed by atoms with Gasteiger partial charge in [-0.2, -0.15) is 0 Å². The van der Waals surface area contributed by atoms with Gasteiger partial charge in [0.15, 0.2) is 0 Å². The van der Waals surface area contributed by atoms with Crippen LogP contribution >= 0.6 is 0 Å². The molecule has 0 radical (unpaired) electrons. The Morgan fingerprint density at radius 1 is 1.08 bits per heavy atom. The van der Waals surface area contributed by atoms with Crippen LogP contribution in [0.25, 0.3) is 0 Å². The Kier molecular flexibility index (Phi) is 2.70. The van der Waals surface area contributed by atoms with Crippen LogP contribution in [0.5, 0.6) is 6.01 Å². The lowest BCUT2D eigenvalue weighted by atomic mass is 10.4. The van der Waals surface area contributed by atoms with Crippen molar-refractivity contribution in [3.05, 3.63) is 17.5 Å². The van der Waals surface area contributed by atoms with Gasteiger partial charge in [-0.15, -0.1) is 0 Å². The minimum atomic E-state index is -1.57. The van der Waals surface area contributed by atoms with Crippen molar-refractivity contribution in [3.63, 3.8) is 0 Å². The molecule has 0 aromatic carbocycles. The summed E-state index contributed by atoms with van der Waals surface area (Å²) in [5.74, 6) is 0. The molecule has 0 unspecified atom stereocenters. The van der Waals surface area contributed by atoms with Gasteiger partial charge in [0.1, 0.15) is 0 Å². The number of nitrogens with zero attached hydrogens (tertiary/aromatic N) is 2. The van der Waals surface area contributed by atoms with Crippen molar-refractivity contribution in [1.29, 1.82) is 0 Å². The second kappa shape index (κ2) is 3.45. The second-order valence-corrected chi connectivity index (χ2v) is 8.58. The lowest BCUT2D eigenvalue weighted by Crippen LogP contribution is -2.30. The quantitative estimate of drug-likeness (QED) is 0.681. The summed E-state index contributed by atoms with van der Waals surface area (Å²) >= 11 is 0. The van der Waals surface area contributed by atoms with Crippen LogP contribution in [0, 0.1) is 13.8 Å². The molecule has 1 rings (SSSR count). The first-order chi connectivity index (χ1) is 5.87. The van der Waals surface area contributed by atoms with Crippen molar-refractivity contribution < 1.29 is 4.43 Å². The first kappa shape index (κ1) is 10.2. The van der Waals surface area contributed by atoms with Gasteiger partial charge in [-0.1, -0.05) is 0 Å². The van der Waals surface area contributed by atoms with Crippen LogP contribution < -0.4 is 4.43 Å². The number of rotatable bonds is 2. The highest BCUT2D eigenvalue weighted by molar-refractivity contribution is 6.70. The molecular weight excluding hydrogens is 180 g/mol. The van der Waals surface area contributed by atoms with E-state index in [9.17, 15) is 0 Å². The number of hydrogen-bond acceptors (Lipinski definition) is 3. The van der Waals surface area contributed by atoms with Crippen LogP contribution in [-0.4, -0.2) is 18.3 Å². The third-order valence-corrected chi connectivity index (χ3v) is 2.15. The average Bonchev–Trinajstić information content (AvgIpc) is 1.78. The minimum absolute atomic E-state index is 0.525. The maximum atomic E-state index is 5.68. The minimum Gasteiger partial charge on any atom is -0.518 e. The molecule has 0 N–H and O–H groups in total. The highest BCUT2D eigenvalue weighted by atomic mass is 28.4. The summed E-state index contributed by atoms with van der Waals surface area (Å²) in [4.78, 5) is 8.44. The third kappa shape index (κ3) is 3.54. The molecule has 1 aromatic heterocycles. The fraction of sp³-hybridized carbons (Fsp3) is 0.556. The first-order valence-electron chi connectivity index (χ1n) is 4.38. The van der Waals surface area contributed by atoms with Gasteiger partial charge in [-0.05, 0) is 39.6 Å². The molecule has 0 saturated heterocycles. The Balaban J connectivity index is 2.90. The molecule has 0 aliphatic carbocycles. The number of hydrogen-bond donors (Lipinski definition) is 0. The van der Waals surface area contributed by atoms with Crippen LogP contribution in [-0.2, 0) is 0 Å². The van der Waals surface area contributed by atoms with Crippen molar-refractivity contribution >= 4 is 8.32 Å². The average molecular weight is 196 g/mol. The second-order valence-electron chi connectivity index (χ2n) is 4.15. The van der Waals surface area contributed by atoms with E-state index >= 15 is 0 Å². The number of aryl methyl sites for hydroxylation is 2. The van der Waals surface area contributed by atoms with Crippen LogP contribution in [0.4, 0.5) is 0 Å². The SMILES string of the molecule is Cc1cc(C)nc(O[Si](C)(C)C)n1. The molecule has 0 bridgehead atoms. The summed E-state index contributed by atoms with van der Waals surface area (Å²) in [6.45, 7) is 10.3. The third-order valence-electron chi connectivity index (χ3n) is 1.36. The summed E-state index contributed by atoms with van der Waals surface area (Å²) in [6, 6.07) is 2.47. The van der Waals surface area contributed by atoms with E-state index in [1.54, 1.807) is 0 Å². The van der Waals surface area contributed by atoms with Gasteiger partial charge in [0.25, 0.3) is 0 Å². The van der Waals surface area contributed by atoms with E-state index < -0.39 is 8.32 Å². The Morgan fingerprint density at radius 3 is 1.92 bits per heavy atom. The molecule has 4 heteroatoms. The Bertz CT molecular complexity index is 287. The molecule has 0 aliphatic rings. The largest absolute Gasteiger partial charge is 0.518 e. The standard InChI is InChI=1S/C9H16N2OSi/c1-7-6-8(2)11-9(10-7)12-13(3,4)5/h6H,1-5H3. The molecule has 1 heterocycles. The Hall–Kier alpha value is -0.903. The summed E-state index contributed by atoms with van der Waals surface area (Å²) in [5, 5.41) is 0. The zero-order valence-electron chi connectivity index (χ0n) is 8.88. The fourth-order valence-corrected chi connectivity index (χ4v) is 1.65. The molecule has 0 amide bonds. The maximum absolute atomic E-state index is 5.68. The predicted molar refractivity (Wildman–Crippen MR) is 55.5 cm³/mol. The highest BCUT2D eigenvalue weighted by Crippen LogP contribution is 2.11. The van der Waals surface area contributed by atoms with Crippen molar-refractivity contribution in [1.82, 2.24) is 9.97 Å². The van der Waals surface area contributed by atoms with Gasteiger partial charge in [0.05, 0.1) is 0 Å². The van der Waals surface area contributed by atoms with E-state index in [-0.39, 0.29) is 0 Å². The van der Waals surface area contributed by atoms with Gasteiger partial charge >= 0.3 is 6.01 Å². The predicted octanol–water partition coefficient (Wildman–Crippen LogP) is 2.31. The topological polar surface area (TPSA) is 35.0 Å². The van der Waals surface area contributed by atoms with Gasteiger partial charge in [-0.3, -0.25) is 0 Å². The monoisotopic (exact) mass is 196 g/mol. The van der Waals surface area contributed by atoms with Crippen molar-refractivity contribution in [2.75, 3.05) is 0 Å². The molecule has 0 aliphatic heterocycles. The van der Waals surface area contributed by atoms with Crippen LogP contribution in [0.3, 0.4) is 0 Å². The summed E-state index contributed by atoms with van der Waals surface area (Å²) < 4.78 is 5.68. The Morgan fingerprint density at radius 2 is 1.54 bits per heavy atom. The molecule has 0 spiro atoms. The van der Waals surface area contributed by atoms with Gasteiger partial charge < -0.3 is 4.43 Å². The van der Waals surface area contributed by atoms with Crippen molar-refractivity contribution in [2.45, 2.75) is 33.5 Å².